The number of nitrogens with zero attached hydrogens (tertiary/aromatic N) is 4. The van der Waals surface area contributed by atoms with Gasteiger partial charge in [0.2, 0.25) is 0 Å². The third kappa shape index (κ3) is 5.78. The van der Waals surface area contributed by atoms with Crippen LogP contribution in [-0.2, 0) is 16.1 Å². The van der Waals surface area contributed by atoms with E-state index in [9.17, 15) is 24.3 Å². The summed E-state index contributed by atoms with van der Waals surface area (Å²) >= 11 is 1.26. The van der Waals surface area contributed by atoms with Gasteiger partial charge in [0.25, 0.3) is 11.8 Å². The van der Waals surface area contributed by atoms with Crippen molar-refractivity contribution in [1.82, 2.24) is 14.8 Å². The lowest BCUT2D eigenvalue weighted by atomic mass is 10.1. The molecule has 1 saturated heterocycles. The maximum absolute atomic E-state index is 13.8. The van der Waals surface area contributed by atoms with Gasteiger partial charge < -0.3 is 9.84 Å². The largest absolute Gasteiger partial charge is 0.465 e. The summed E-state index contributed by atoms with van der Waals surface area (Å²) in [7, 11) is 0. The second kappa shape index (κ2) is 11.7. The van der Waals surface area contributed by atoms with Crippen LogP contribution in [0.5, 0.6) is 0 Å². The SMILES string of the molecule is CCN(C(=O)O)C(=O)c1ccc(N(C(=O)C2CCCN2C(=O)OCc2ccccc2)c2nccs2)cc1. The van der Waals surface area contributed by atoms with Crippen LogP contribution in [0.2, 0.25) is 0 Å². The van der Waals surface area contributed by atoms with Gasteiger partial charge in [-0.1, -0.05) is 30.3 Å². The van der Waals surface area contributed by atoms with Crippen LogP contribution < -0.4 is 4.90 Å². The Bertz CT molecular complexity index is 1250. The summed E-state index contributed by atoms with van der Waals surface area (Å²) in [5, 5.41) is 11.4. The average molecular weight is 523 g/mol. The standard InChI is InChI=1S/C26H26N4O6S/c1-2-28(25(33)34)22(31)19-10-12-20(13-11-19)30(24-27-14-16-37-24)23(32)21-9-6-15-29(21)26(35)36-17-18-7-4-3-5-8-18/h3-5,7-8,10-14,16,21H,2,6,9,15,17H2,1H3,(H,33,34). The molecule has 0 spiro atoms. The number of imide groups is 1. The van der Waals surface area contributed by atoms with Gasteiger partial charge in [0, 0.05) is 30.2 Å². The number of benzene rings is 2. The molecule has 0 aliphatic carbocycles. The third-order valence-electron chi connectivity index (χ3n) is 5.97. The highest BCUT2D eigenvalue weighted by Crippen LogP contribution is 2.32. The molecule has 4 rings (SSSR count). The summed E-state index contributed by atoms with van der Waals surface area (Å²) in [6, 6.07) is 14.6. The van der Waals surface area contributed by atoms with Crippen LogP contribution in [0.3, 0.4) is 0 Å². The molecule has 1 unspecified atom stereocenters. The van der Waals surface area contributed by atoms with Gasteiger partial charge in [-0.05, 0) is 49.6 Å². The zero-order valence-corrected chi connectivity index (χ0v) is 21.0. The molecule has 1 aromatic heterocycles. The Labute approximate surface area is 217 Å². The normalized spacial score (nSPS) is 14.7. The molecule has 1 aliphatic rings. The zero-order valence-electron chi connectivity index (χ0n) is 20.1. The van der Waals surface area contributed by atoms with Crippen LogP contribution in [0.25, 0.3) is 0 Å². The fraction of sp³-hybridized carbons (Fsp3) is 0.269. The second-order valence-electron chi connectivity index (χ2n) is 8.26. The maximum atomic E-state index is 13.8. The molecule has 2 aromatic carbocycles. The van der Waals surface area contributed by atoms with Crippen molar-refractivity contribution in [1.29, 1.82) is 0 Å². The van der Waals surface area contributed by atoms with Crippen molar-refractivity contribution in [3.05, 3.63) is 77.3 Å². The number of carbonyl (C=O) groups is 4. The first kappa shape index (κ1) is 25.8. The average Bonchev–Trinajstić information content (AvgIpc) is 3.61. The number of carboxylic acid groups (broad SMARTS) is 1. The number of hydrogen-bond acceptors (Lipinski definition) is 7. The molecule has 1 N–H and O–H groups in total. The van der Waals surface area contributed by atoms with E-state index in [1.165, 1.54) is 33.3 Å². The first-order chi connectivity index (χ1) is 17.9. The summed E-state index contributed by atoms with van der Waals surface area (Å²) in [5.41, 5.74) is 1.47. The fourth-order valence-corrected chi connectivity index (χ4v) is 4.79. The molecular formula is C26H26N4O6S. The molecule has 1 atom stereocenters. The molecule has 11 heteroatoms. The number of aromatic nitrogens is 1. The number of hydrogen-bond donors (Lipinski definition) is 1. The van der Waals surface area contributed by atoms with Crippen molar-refractivity contribution in [3.63, 3.8) is 0 Å². The highest BCUT2D eigenvalue weighted by Gasteiger charge is 2.39. The fourth-order valence-electron chi connectivity index (χ4n) is 4.13. The lowest BCUT2D eigenvalue weighted by molar-refractivity contribution is -0.121. The molecule has 10 nitrogen and oxygen atoms in total. The number of ether oxygens (including phenoxy) is 1. The zero-order chi connectivity index (χ0) is 26.4. The maximum Gasteiger partial charge on any atom is 0.414 e. The Morgan fingerprint density at radius 2 is 1.84 bits per heavy atom. The van der Waals surface area contributed by atoms with Gasteiger partial charge in [0.05, 0.1) is 5.69 Å². The molecular weight excluding hydrogens is 496 g/mol. The number of anilines is 2. The van der Waals surface area contributed by atoms with Crippen molar-refractivity contribution < 1.29 is 29.0 Å². The van der Waals surface area contributed by atoms with E-state index in [-0.39, 0.29) is 24.6 Å². The lowest BCUT2D eigenvalue weighted by Crippen LogP contribution is -2.46. The first-order valence-electron chi connectivity index (χ1n) is 11.8. The molecule has 192 valence electrons. The minimum atomic E-state index is -1.34. The molecule has 3 aromatic rings. The molecule has 4 amide bonds. The molecule has 0 bridgehead atoms. The van der Waals surface area contributed by atoms with Gasteiger partial charge in [-0.2, -0.15) is 0 Å². The van der Waals surface area contributed by atoms with Gasteiger partial charge in [-0.15, -0.1) is 11.3 Å². The van der Waals surface area contributed by atoms with Gasteiger partial charge in [0.1, 0.15) is 12.6 Å². The van der Waals surface area contributed by atoms with Gasteiger partial charge >= 0.3 is 12.2 Å². The van der Waals surface area contributed by atoms with E-state index in [2.05, 4.69) is 4.98 Å². The smallest absolute Gasteiger partial charge is 0.414 e. The van der Waals surface area contributed by atoms with Crippen LogP contribution in [0.15, 0.2) is 66.2 Å². The highest BCUT2D eigenvalue weighted by atomic mass is 32.1. The van der Waals surface area contributed by atoms with E-state index in [0.29, 0.717) is 35.1 Å². The second-order valence-corrected chi connectivity index (χ2v) is 9.13. The Morgan fingerprint density at radius 3 is 2.46 bits per heavy atom. The number of thiazole rings is 1. The van der Waals surface area contributed by atoms with E-state index in [1.807, 2.05) is 30.3 Å². The van der Waals surface area contributed by atoms with E-state index >= 15 is 0 Å². The van der Waals surface area contributed by atoms with Gasteiger partial charge in [0.15, 0.2) is 5.13 Å². The minimum absolute atomic E-state index is 0.0114. The Kier molecular flexibility index (Phi) is 8.14. The van der Waals surface area contributed by atoms with Gasteiger partial charge in [-0.3, -0.25) is 19.4 Å². The predicted octanol–water partition coefficient (Wildman–Crippen LogP) is 4.75. The molecule has 1 fully saturated rings. The van der Waals surface area contributed by atoms with Gasteiger partial charge in [-0.25, -0.2) is 19.5 Å². The van der Waals surface area contributed by atoms with Crippen LogP contribution in [0.1, 0.15) is 35.7 Å². The molecule has 1 aliphatic heterocycles. The summed E-state index contributed by atoms with van der Waals surface area (Å²) < 4.78 is 5.48. The minimum Gasteiger partial charge on any atom is -0.465 e. The van der Waals surface area contributed by atoms with E-state index in [1.54, 1.807) is 30.6 Å². The van der Waals surface area contributed by atoms with Crippen molar-refractivity contribution >= 4 is 46.2 Å². The van der Waals surface area contributed by atoms with E-state index in [4.69, 9.17) is 4.74 Å². The Hall–Kier alpha value is -4.25. The molecule has 37 heavy (non-hydrogen) atoms. The lowest BCUT2D eigenvalue weighted by Gasteiger charge is -2.28. The summed E-state index contributed by atoms with van der Waals surface area (Å²) in [6.45, 7) is 2.08. The van der Waals surface area contributed by atoms with Crippen LogP contribution in [0, 0.1) is 0 Å². The van der Waals surface area contributed by atoms with Crippen molar-refractivity contribution in [3.8, 4) is 0 Å². The van der Waals surface area contributed by atoms with E-state index in [0.717, 1.165) is 5.56 Å². The molecule has 2 heterocycles. The summed E-state index contributed by atoms with van der Waals surface area (Å²) in [6.07, 6.45) is 0.801. The molecule has 0 radical (unpaired) electrons. The number of carbonyl (C=O) groups excluding carboxylic acids is 3. The van der Waals surface area contributed by atoms with Crippen molar-refractivity contribution in [2.24, 2.45) is 0 Å². The third-order valence-corrected chi connectivity index (χ3v) is 6.73. The van der Waals surface area contributed by atoms with Crippen LogP contribution in [-0.4, -0.2) is 63.0 Å². The Morgan fingerprint density at radius 1 is 1.11 bits per heavy atom. The monoisotopic (exact) mass is 522 g/mol. The molecule has 0 saturated carbocycles. The van der Waals surface area contributed by atoms with Crippen molar-refractivity contribution in [2.75, 3.05) is 18.0 Å². The van der Waals surface area contributed by atoms with Crippen LogP contribution >= 0.6 is 11.3 Å². The topological polar surface area (TPSA) is 120 Å². The van der Waals surface area contributed by atoms with Crippen molar-refractivity contribution in [2.45, 2.75) is 32.4 Å². The quantitative estimate of drug-likeness (QED) is 0.475. The number of likely N-dealkylation sites (tertiary alicyclic amines) is 1. The Balaban J connectivity index is 1.54. The first-order valence-corrected chi connectivity index (χ1v) is 12.6. The highest BCUT2D eigenvalue weighted by molar-refractivity contribution is 7.13. The number of rotatable bonds is 7. The van der Waals surface area contributed by atoms with E-state index < -0.39 is 24.1 Å². The number of amides is 4. The summed E-state index contributed by atoms with van der Waals surface area (Å²) in [5.74, 6) is -0.999. The predicted molar refractivity (Wildman–Crippen MR) is 137 cm³/mol. The summed E-state index contributed by atoms with van der Waals surface area (Å²) in [4.78, 5) is 58.4. The van der Waals surface area contributed by atoms with Crippen LogP contribution in [0.4, 0.5) is 20.4 Å².